The largest absolute Gasteiger partial charge is 0.300 e. The fourth-order valence-corrected chi connectivity index (χ4v) is 1.04. The standard InChI is InChI=1S/C9H12O/c1-8(10)6-7-9-4-2-3-5-9/h2-5,9H,6-7H2,1H3. The Kier molecular flexibility index (Phi) is 2.43. The molecule has 0 heterocycles. The van der Waals surface area contributed by atoms with E-state index in [1.165, 1.54) is 0 Å². The molecular formula is C9H12O. The topological polar surface area (TPSA) is 17.1 Å². The van der Waals surface area contributed by atoms with Crippen LogP contribution in [0, 0.1) is 5.92 Å². The molecule has 0 amide bonds. The lowest BCUT2D eigenvalue weighted by atomic mass is 10.0. The van der Waals surface area contributed by atoms with Crippen LogP contribution in [-0.2, 0) is 4.79 Å². The second kappa shape index (κ2) is 3.35. The van der Waals surface area contributed by atoms with Crippen molar-refractivity contribution >= 4 is 5.78 Å². The highest BCUT2D eigenvalue weighted by Crippen LogP contribution is 2.14. The van der Waals surface area contributed by atoms with Crippen LogP contribution in [0.25, 0.3) is 0 Å². The Labute approximate surface area is 61.4 Å². The molecular weight excluding hydrogens is 124 g/mol. The molecule has 0 aromatic rings. The van der Waals surface area contributed by atoms with Crippen LogP contribution in [0.15, 0.2) is 24.3 Å². The number of hydrogen-bond acceptors (Lipinski definition) is 1. The smallest absolute Gasteiger partial charge is 0.129 e. The monoisotopic (exact) mass is 136 g/mol. The lowest BCUT2D eigenvalue weighted by Crippen LogP contribution is -1.95. The van der Waals surface area contributed by atoms with E-state index in [-0.39, 0.29) is 5.78 Å². The van der Waals surface area contributed by atoms with Crippen molar-refractivity contribution in [1.82, 2.24) is 0 Å². The second-order valence-electron chi connectivity index (χ2n) is 2.67. The fourth-order valence-electron chi connectivity index (χ4n) is 1.04. The average Bonchev–Trinajstić information content (AvgIpc) is 2.34. The van der Waals surface area contributed by atoms with Crippen LogP contribution in [0.3, 0.4) is 0 Å². The molecule has 0 aromatic carbocycles. The molecule has 0 saturated carbocycles. The first-order valence-electron chi connectivity index (χ1n) is 3.63. The maximum atomic E-state index is 10.6. The summed E-state index contributed by atoms with van der Waals surface area (Å²) in [7, 11) is 0. The van der Waals surface area contributed by atoms with Gasteiger partial charge in [-0.15, -0.1) is 0 Å². The number of hydrogen-bond donors (Lipinski definition) is 0. The number of carbonyl (C=O) groups excluding carboxylic acids is 1. The molecule has 1 nitrogen and oxygen atoms in total. The summed E-state index contributed by atoms with van der Waals surface area (Å²) in [5.41, 5.74) is 0. The van der Waals surface area contributed by atoms with Crippen molar-refractivity contribution in [3.63, 3.8) is 0 Å². The van der Waals surface area contributed by atoms with E-state index < -0.39 is 0 Å². The molecule has 0 aromatic heterocycles. The lowest BCUT2D eigenvalue weighted by molar-refractivity contribution is -0.117. The molecule has 0 unspecified atom stereocenters. The van der Waals surface area contributed by atoms with Gasteiger partial charge in [0, 0.05) is 6.42 Å². The minimum absolute atomic E-state index is 0.286. The van der Waals surface area contributed by atoms with Crippen LogP contribution >= 0.6 is 0 Å². The van der Waals surface area contributed by atoms with Crippen LogP contribution in [0.1, 0.15) is 19.8 Å². The zero-order chi connectivity index (χ0) is 7.40. The summed E-state index contributed by atoms with van der Waals surface area (Å²) in [6, 6.07) is 0. The van der Waals surface area contributed by atoms with Gasteiger partial charge in [-0.25, -0.2) is 0 Å². The van der Waals surface area contributed by atoms with Crippen LogP contribution in [-0.4, -0.2) is 5.78 Å². The first kappa shape index (κ1) is 7.26. The summed E-state index contributed by atoms with van der Waals surface area (Å²) < 4.78 is 0. The van der Waals surface area contributed by atoms with Gasteiger partial charge in [-0.1, -0.05) is 24.3 Å². The molecule has 1 heteroatoms. The van der Waals surface area contributed by atoms with E-state index in [2.05, 4.69) is 12.2 Å². The van der Waals surface area contributed by atoms with Gasteiger partial charge in [-0.3, -0.25) is 0 Å². The third-order valence-electron chi connectivity index (χ3n) is 1.66. The summed E-state index contributed by atoms with van der Waals surface area (Å²) in [6.45, 7) is 1.64. The van der Waals surface area contributed by atoms with Gasteiger partial charge in [-0.2, -0.15) is 0 Å². The predicted octanol–water partition coefficient (Wildman–Crippen LogP) is 2.10. The predicted molar refractivity (Wildman–Crippen MR) is 41.7 cm³/mol. The Balaban J connectivity index is 2.20. The summed E-state index contributed by atoms with van der Waals surface area (Å²) in [4.78, 5) is 10.6. The first-order chi connectivity index (χ1) is 4.79. The summed E-state index contributed by atoms with van der Waals surface area (Å²) in [5.74, 6) is 0.803. The second-order valence-corrected chi connectivity index (χ2v) is 2.67. The van der Waals surface area contributed by atoms with Gasteiger partial charge in [0.15, 0.2) is 0 Å². The lowest BCUT2D eigenvalue weighted by Gasteiger charge is -2.00. The van der Waals surface area contributed by atoms with Crippen molar-refractivity contribution in [3.8, 4) is 0 Å². The van der Waals surface area contributed by atoms with E-state index in [0.717, 1.165) is 6.42 Å². The molecule has 0 radical (unpaired) electrons. The molecule has 0 fully saturated rings. The Morgan fingerprint density at radius 2 is 2.00 bits per heavy atom. The Hall–Kier alpha value is -0.850. The molecule has 0 N–H and O–H groups in total. The molecule has 10 heavy (non-hydrogen) atoms. The van der Waals surface area contributed by atoms with Crippen molar-refractivity contribution in [1.29, 1.82) is 0 Å². The highest BCUT2D eigenvalue weighted by Gasteiger charge is 2.03. The Morgan fingerprint density at radius 3 is 2.50 bits per heavy atom. The third kappa shape index (κ3) is 2.18. The summed E-state index contributed by atoms with van der Waals surface area (Å²) >= 11 is 0. The number of rotatable bonds is 3. The average molecular weight is 136 g/mol. The SMILES string of the molecule is CC(=O)CCC1C=CC=C1. The molecule has 1 aliphatic carbocycles. The van der Waals surface area contributed by atoms with Crippen LogP contribution in [0.4, 0.5) is 0 Å². The van der Waals surface area contributed by atoms with E-state index >= 15 is 0 Å². The van der Waals surface area contributed by atoms with Gasteiger partial charge in [0.05, 0.1) is 0 Å². The van der Waals surface area contributed by atoms with Crippen LogP contribution in [0.2, 0.25) is 0 Å². The minimum Gasteiger partial charge on any atom is -0.300 e. The molecule has 0 atom stereocenters. The summed E-state index contributed by atoms with van der Waals surface area (Å²) in [5, 5.41) is 0. The van der Waals surface area contributed by atoms with Gasteiger partial charge in [-0.05, 0) is 19.3 Å². The van der Waals surface area contributed by atoms with E-state index in [1.54, 1.807) is 6.92 Å². The minimum atomic E-state index is 0.286. The Bertz CT molecular complexity index is 165. The van der Waals surface area contributed by atoms with Crippen LogP contribution in [0.5, 0.6) is 0 Å². The number of carbonyl (C=O) groups is 1. The quantitative estimate of drug-likeness (QED) is 0.580. The number of allylic oxidation sites excluding steroid dienone is 4. The van der Waals surface area contributed by atoms with Gasteiger partial charge in [0.1, 0.15) is 5.78 Å². The van der Waals surface area contributed by atoms with Crippen molar-refractivity contribution < 1.29 is 4.79 Å². The maximum absolute atomic E-state index is 10.6. The van der Waals surface area contributed by atoms with Gasteiger partial charge < -0.3 is 4.79 Å². The van der Waals surface area contributed by atoms with Crippen molar-refractivity contribution in [3.05, 3.63) is 24.3 Å². The van der Waals surface area contributed by atoms with E-state index in [1.807, 2.05) is 12.2 Å². The fraction of sp³-hybridized carbons (Fsp3) is 0.444. The van der Waals surface area contributed by atoms with Gasteiger partial charge in [0.2, 0.25) is 0 Å². The Morgan fingerprint density at radius 1 is 1.40 bits per heavy atom. The van der Waals surface area contributed by atoms with E-state index in [9.17, 15) is 4.79 Å². The molecule has 0 saturated heterocycles. The first-order valence-corrected chi connectivity index (χ1v) is 3.63. The molecule has 0 aliphatic heterocycles. The van der Waals surface area contributed by atoms with E-state index in [0.29, 0.717) is 12.3 Å². The van der Waals surface area contributed by atoms with Crippen LogP contribution < -0.4 is 0 Å². The maximum Gasteiger partial charge on any atom is 0.129 e. The molecule has 54 valence electrons. The molecule has 1 rings (SSSR count). The van der Waals surface area contributed by atoms with Gasteiger partial charge >= 0.3 is 0 Å². The van der Waals surface area contributed by atoms with E-state index in [4.69, 9.17) is 0 Å². The zero-order valence-electron chi connectivity index (χ0n) is 6.21. The number of Topliss-reactive ketones (excluding diaryl/α,β-unsaturated/α-hetero) is 1. The molecule has 0 bridgehead atoms. The summed E-state index contributed by atoms with van der Waals surface area (Å²) in [6.07, 6.45) is 10.0. The van der Waals surface area contributed by atoms with Crippen molar-refractivity contribution in [2.75, 3.05) is 0 Å². The third-order valence-corrected chi connectivity index (χ3v) is 1.66. The highest BCUT2D eigenvalue weighted by atomic mass is 16.1. The zero-order valence-corrected chi connectivity index (χ0v) is 6.21. The van der Waals surface area contributed by atoms with Crippen molar-refractivity contribution in [2.24, 2.45) is 5.92 Å². The number of ketones is 1. The normalized spacial score (nSPS) is 16.5. The molecule has 0 spiro atoms. The molecule has 1 aliphatic rings. The highest BCUT2D eigenvalue weighted by molar-refractivity contribution is 5.75. The van der Waals surface area contributed by atoms with Gasteiger partial charge in [0.25, 0.3) is 0 Å². The van der Waals surface area contributed by atoms with Crippen molar-refractivity contribution in [2.45, 2.75) is 19.8 Å².